The summed E-state index contributed by atoms with van der Waals surface area (Å²) in [6.07, 6.45) is 3.71. The van der Waals surface area contributed by atoms with Crippen molar-refractivity contribution in [1.82, 2.24) is 15.2 Å². The number of aromatic nitrogens is 1. The number of aryl methyl sites for hydroxylation is 2. The molecule has 0 saturated carbocycles. The van der Waals surface area contributed by atoms with E-state index in [0.29, 0.717) is 6.54 Å². The van der Waals surface area contributed by atoms with E-state index in [0.717, 1.165) is 49.7 Å². The molecule has 2 aromatic rings. The molecule has 29 heavy (non-hydrogen) atoms. The highest BCUT2D eigenvalue weighted by Gasteiger charge is 2.06. The molecular formula is C22H33IN4O2. The van der Waals surface area contributed by atoms with Crippen LogP contribution in [0.1, 0.15) is 32.3 Å². The van der Waals surface area contributed by atoms with Crippen molar-refractivity contribution < 1.29 is 4.74 Å². The summed E-state index contributed by atoms with van der Waals surface area (Å²) in [7, 11) is 0. The van der Waals surface area contributed by atoms with E-state index in [2.05, 4.69) is 15.6 Å². The van der Waals surface area contributed by atoms with Crippen molar-refractivity contribution in [2.75, 3.05) is 19.6 Å². The first-order chi connectivity index (χ1) is 13.6. The minimum Gasteiger partial charge on any atom is -0.489 e. The highest BCUT2D eigenvalue weighted by molar-refractivity contribution is 14.0. The van der Waals surface area contributed by atoms with Gasteiger partial charge in [0.25, 0.3) is 0 Å². The molecule has 0 bridgehead atoms. The van der Waals surface area contributed by atoms with E-state index in [1.807, 2.05) is 57.3 Å². The summed E-state index contributed by atoms with van der Waals surface area (Å²) in [5, 5.41) is 6.61. The Kier molecular flexibility index (Phi) is 12.1. The first kappa shape index (κ1) is 25.0. The van der Waals surface area contributed by atoms with Crippen molar-refractivity contribution in [2.45, 2.75) is 46.3 Å². The van der Waals surface area contributed by atoms with Crippen LogP contribution in [0.15, 0.2) is 58.4 Å². The minimum atomic E-state index is -0.0125. The highest BCUT2D eigenvalue weighted by atomic mass is 127. The van der Waals surface area contributed by atoms with Gasteiger partial charge < -0.3 is 19.9 Å². The number of pyridine rings is 1. The molecule has 1 unspecified atom stereocenters. The van der Waals surface area contributed by atoms with Gasteiger partial charge in [0, 0.05) is 31.9 Å². The van der Waals surface area contributed by atoms with E-state index in [-0.39, 0.29) is 35.6 Å². The summed E-state index contributed by atoms with van der Waals surface area (Å²) >= 11 is 0. The second-order valence-electron chi connectivity index (χ2n) is 6.78. The van der Waals surface area contributed by atoms with Crippen molar-refractivity contribution >= 4 is 29.9 Å². The molecule has 0 aliphatic heterocycles. The zero-order valence-corrected chi connectivity index (χ0v) is 19.9. The summed E-state index contributed by atoms with van der Waals surface area (Å²) in [6.45, 7) is 9.03. The third-order valence-electron chi connectivity index (χ3n) is 4.29. The van der Waals surface area contributed by atoms with Crippen molar-refractivity contribution in [1.29, 1.82) is 0 Å². The Morgan fingerprint density at radius 3 is 2.62 bits per heavy atom. The molecule has 1 aromatic heterocycles. The molecule has 0 saturated heterocycles. The monoisotopic (exact) mass is 512 g/mol. The number of ether oxygens (including phenoxy) is 1. The predicted molar refractivity (Wildman–Crippen MR) is 131 cm³/mol. The lowest BCUT2D eigenvalue weighted by Crippen LogP contribution is -2.38. The van der Waals surface area contributed by atoms with Gasteiger partial charge in [-0.3, -0.25) is 4.79 Å². The molecule has 0 aliphatic rings. The minimum absolute atomic E-state index is 0. The maximum atomic E-state index is 11.7. The van der Waals surface area contributed by atoms with Crippen molar-refractivity contribution in [3.63, 3.8) is 0 Å². The molecular weight excluding hydrogens is 479 g/mol. The van der Waals surface area contributed by atoms with Crippen molar-refractivity contribution in [3.8, 4) is 5.75 Å². The number of guanidine groups is 1. The Hall–Kier alpha value is -2.03. The zero-order chi connectivity index (χ0) is 20.2. The lowest BCUT2D eigenvalue weighted by molar-refractivity contribution is 0.228. The topological polar surface area (TPSA) is 67.7 Å². The van der Waals surface area contributed by atoms with Gasteiger partial charge in [-0.1, -0.05) is 24.3 Å². The summed E-state index contributed by atoms with van der Waals surface area (Å²) in [5.41, 5.74) is 1.17. The quantitative estimate of drug-likeness (QED) is 0.221. The Labute approximate surface area is 190 Å². The van der Waals surface area contributed by atoms with Crippen molar-refractivity contribution in [3.05, 3.63) is 64.6 Å². The number of nitrogens with one attached hydrogen (secondary N) is 2. The van der Waals surface area contributed by atoms with Crippen LogP contribution in [0.4, 0.5) is 0 Å². The van der Waals surface area contributed by atoms with Crippen LogP contribution in [0.25, 0.3) is 0 Å². The number of para-hydroxylation sites is 1. The molecule has 1 aromatic carbocycles. The standard InChI is InChI=1S/C22H32N4O2.HI/c1-4-23-22(24-14-8-10-16-26-15-9-7-13-21(26)27)25-17-19(3)28-20-12-6-5-11-18(20)2;/h5-7,9,11-13,15,19H,4,8,10,14,16-17H2,1-3H3,(H2,23,24,25);1H. The normalized spacial score (nSPS) is 12.0. The molecule has 1 atom stereocenters. The van der Waals surface area contributed by atoms with Crippen LogP contribution in [0.3, 0.4) is 0 Å². The smallest absolute Gasteiger partial charge is 0.250 e. The van der Waals surface area contributed by atoms with E-state index >= 15 is 0 Å². The fraction of sp³-hybridized carbons (Fsp3) is 0.455. The molecule has 2 rings (SSSR count). The number of halogens is 1. The number of hydrogen-bond donors (Lipinski definition) is 2. The van der Waals surface area contributed by atoms with Gasteiger partial charge >= 0.3 is 0 Å². The molecule has 0 radical (unpaired) electrons. The highest BCUT2D eigenvalue weighted by Crippen LogP contribution is 2.17. The number of aliphatic imine (C=N–C) groups is 1. The molecule has 0 fully saturated rings. The summed E-state index contributed by atoms with van der Waals surface area (Å²) < 4.78 is 7.72. The van der Waals surface area contributed by atoms with Gasteiger partial charge in [0.2, 0.25) is 5.56 Å². The van der Waals surface area contributed by atoms with Gasteiger partial charge in [0.15, 0.2) is 5.96 Å². The maximum absolute atomic E-state index is 11.7. The van der Waals surface area contributed by atoms with Crippen LogP contribution in [0.2, 0.25) is 0 Å². The molecule has 6 nitrogen and oxygen atoms in total. The summed E-state index contributed by atoms with van der Waals surface area (Å²) in [4.78, 5) is 16.3. The second kappa shape index (κ2) is 14.0. The van der Waals surface area contributed by atoms with Crippen molar-refractivity contribution in [2.24, 2.45) is 4.99 Å². The van der Waals surface area contributed by atoms with Crippen LogP contribution >= 0.6 is 24.0 Å². The molecule has 7 heteroatoms. The Bertz CT molecular complexity index is 807. The average molecular weight is 512 g/mol. The van der Waals surface area contributed by atoms with Crippen LogP contribution in [0, 0.1) is 6.92 Å². The first-order valence-corrected chi connectivity index (χ1v) is 10.00. The van der Waals surface area contributed by atoms with Crippen LogP contribution in [-0.2, 0) is 6.54 Å². The second-order valence-corrected chi connectivity index (χ2v) is 6.78. The zero-order valence-electron chi connectivity index (χ0n) is 17.6. The Balaban J connectivity index is 0.00000420. The summed E-state index contributed by atoms with van der Waals surface area (Å²) in [6, 6.07) is 13.3. The van der Waals surface area contributed by atoms with E-state index in [4.69, 9.17) is 4.74 Å². The SMILES string of the molecule is CCNC(=NCC(C)Oc1ccccc1C)NCCCCn1ccccc1=O.I. The number of nitrogens with zero attached hydrogens (tertiary/aromatic N) is 2. The average Bonchev–Trinajstić information content (AvgIpc) is 2.69. The molecule has 0 spiro atoms. The number of hydrogen-bond acceptors (Lipinski definition) is 3. The number of benzene rings is 1. The van der Waals surface area contributed by atoms with Crippen LogP contribution < -0.4 is 20.9 Å². The first-order valence-electron chi connectivity index (χ1n) is 10.00. The van der Waals surface area contributed by atoms with Gasteiger partial charge in [-0.25, -0.2) is 4.99 Å². The molecule has 2 N–H and O–H groups in total. The third kappa shape index (κ3) is 9.34. The fourth-order valence-corrected chi connectivity index (χ4v) is 2.76. The lowest BCUT2D eigenvalue weighted by Gasteiger charge is -2.16. The third-order valence-corrected chi connectivity index (χ3v) is 4.29. The molecule has 160 valence electrons. The predicted octanol–water partition coefficient (Wildman–Crippen LogP) is 3.58. The van der Waals surface area contributed by atoms with Crippen LogP contribution in [-0.4, -0.2) is 36.3 Å². The van der Waals surface area contributed by atoms with Gasteiger partial charge in [0.1, 0.15) is 11.9 Å². The van der Waals surface area contributed by atoms with E-state index < -0.39 is 0 Å². The van der Waals surface area contributed by atoms with Crippen LogP contribution in [0.5, 0.6) is 5.75 Å². The largest absolute Gasteiger partial charge is 0.489 e. The fourth-order valence-electron chi connectivity index (χ4n) is 2.76. The van der Waals surface area contributed by atoms with Gasteiger partial charge in [-0.2, -0.15) is 0 Å². The summed E-state index contributed by atoms with van der Waals surface area (Å²) in [5.74, 6) is 1.69. The Morgan fingerprint density at radius 2 is 1.90 bits per heavy atom. The van der Waals surface area contributed by atoms with E-state index in [1.165, 1.54) is 0 Å². The number of rotatable bonds is 10. The molecule has 0 amide bonds. The number of unbranched alkanes of at least 4 members (excludes halogenated alkanes) is 1. The van der Waals surface area contributed by atoms with Gasteiger partial charge in [-0.05, 0) is 51.3 Å². The van der Waals surface area contributed by atoms with E-state index in [1.54, 1.807) is 16.7 Å². The maximum Gasteiger partial charge on any atom is 0.250 e. The van der Waals surface area contributed by atoms with Gasteiger partial charge in [0.05, 0.1) is 6.54 Å². The van der Waals surface area contributed by atoms with E-state index in [9.17, 15) is 4.79 Å². The lowest BCUT2D eigenvalue weighted by atomic mass is 10.2. The Morgan fingerprint density at radius 1 is 1.14 bits per heavy atom. The molecule has 0 aliphatic carbocycles. The molecule has 1 heterocycles. The van der Waals surface area contributed by atoms with Gasteiger partial charge in [-0.15, -0.1) is 24.0 Å².